The molecule has 2 aromatic carbocycles. The summed E-state index contributed by atoms with van der Waals surface area (Å²) in [5.74, 6) is -0.649. The lowest BCUT2D eigenvalue weighted by molar-refractivity contribution is -0.130. The van der Waals surface area contributed by atoms with Crippen LogP contribution in [0.4, 0.5) is 4.79 Å². The molecule has 3 aromatic rings. The summed E-state index contributed by atoms with van der Waals surface area (Å²) in [6, 6.07) is 16.4. The van der Waals surface area contributed by atoms with Crippen molar-refractivity contribution in [1.82, 2.24) is 14.8 Å². The second kappa shape index (κ2) is 8.78. The normalized spacial score (nSPS) is 15.2. The average Bonchev–Trinajstić information content (AvgIpc) is 3.08. The van der Waals surface area contributed by atoms with Gasteiger partial charge in [0.25, 0.3) is 11.8 Å². The molecule has 2 heterocycles. The lowest BCUT2D eigenvalue weighted by Gasteiger charge is -2.26. The highest BCUT2D eigenvalue weighted by molar-refractivity contribution is 6.31. The topological polar surface area (TPSA) is 80.6 Å². The number of methoxy groups -OCH3 is 1. The number of nitrogens with one attached hydrogen (secondary N) is 1. The third-order valence-corrected chi connectivity index (χ3v) is 5.75. The van der Waals surface area contributed by atoms with E-state index >= 15 is 0 Å². The van der Waals surface area contributed by atoms with Gasteiger partial charge in [0.15, 0.2) is 0 Å². The molecule has 0 saturated carbocycles. The fraction of sp³-hybridized carbons (Fsp3) is 0.192. The van der Waals surface area contributed by atoms with E-state index in [9.17, 15) is 14.4 Å². The Bertz CT molecular complexity index is 1270. The molecule has 33 heavy (non-hydrogen) atoms. The molecule has 0 atom stereocenters. The van der Waals surface area contributed by atoms with Crippen molar-refractivity contribution in [2.45, 2.75) is 27.3 Å². The van der Waals surface area contributed by atoms with Gasteiger partial charge in [-0.2, -0.15) is 0 Å². The Balaban J connectivity index is 1.66. The van der Waals surface area contributed by atoms with E-state index in [1.165, 1.54) is 0 Å². The van der Waals surface area contributed by atoms with Crippen molar-refractivity contribution in [2.24, 2.45) is 0 Å². The van der Waals surface area contributed by atoms with Crippen molar-refractivity contribution >= 4 is 23.9 Å². The van der Waals surface area contributed by atoms with E-state index in [2.05, 4.69) is 9.88 Å². The van der Waals surface area contributed by atoms with Crippen molar-refractivity contribution in [2.75, 3.05) is 7.11 Å². The highest BCUT2D eigenvalue weighted by Crippen LogP contribution is 2.25. The molecule has 1 aromatic heterocycles. The van der Waals surface area contributed by atoms with Crippen LogP contribution in [-0.2, 0) is 16.1 Å². The maximum absolute atomic E-state index is 13.1. The van der Waals surface area contributed by atoms with Gasteiger partial charge in [-0.25, -0.2) is 4.79 Å². The van der Waals surface area contributed by atoms with Gasteiger partial charge >= 0.3 is 6.03 Å². The summed E-state index contributed by atoms with van der Waals surface area (Å²) in [4.78, 5) is 39.1. The summed E-state index contributed by atoms with van der Waals surface area (Å²) >= 11 is 0. The number of hydrogen-bond acceptors (Lipinski definition) is 4. The van der Waals surface area contributed by atoms with E-state index in [-0.39, 0.29) is 12.1 Å². The number of aromatic nitrogens is 1. The molecule has 0 radical (unpaired) electrons. The van der Waals surface area contributed by atoms with Crippen LogP contribution in [0, 0.1) is 20.8 Å². The summed E-state index contributed by atoms with van der Waals surface area (Å²) in [5.41, 5.74) is 5.43. The van der Waals surface area contributed by atoms with E-state index in [0.717, 1.165) is 38.7 Å². The molecule has 1 N–H and O–H groups in total. The monoisotopic (exact) mass is 443 g/mol. The summed E-state index contributed by atoms with van der Waals surface area (Å²) < 4.78 is 7.21. The zero-order valence-corrected chi connectivity index (χ0v) is 19.0. The molecule has 0 bridgehead atoms. The number of barbiturate groups is 1. The summed E-state index contributed by atoms with van der Waals surface area (Å²) in [5, 5.41) is 2.28. The SMILES string of the molecule is COc1ccc(CN2C(=O)NC(=O)/C(=C\c3cc(C)n(-c4ccc(C)cc4)c3C)C2=O)cc1. The number of aryl methyl sites for hydroxylation is 2. The molecule has 0 unspecified atom stereocenters. The molecular weight excluding hydrogens is 418 g/mol. The number of nitrogens with zero attached hydrogens (tertiary/aromatic N) is 2. The molecule has 4 amide bonds. The molecule has 1 aliphatic rings. The van der Waals surface area contributed by atoms with Gasteiger partial charge in [-0.3, -0.25) is 19.8 Å². The predicted octanol–water partition coefficient (Wildman–Crippen LogP) is 4.07. The van der Waals surface area contributed by atoms with Crippen LogP contribution in [-0.4, -0.2) is 34.4 Å². The van der Waals surface area contributed by atoms with Crippen molar-refractivity contribution < 1.29 is 19.1 Å². The standard InChI is InChI=1S/C26H25N3O4/c1-16-5-9-21(10-6-16)29-17(2)13-20(18(29)3)14-23-24(30)27-26(32)28(25(23)31)15-19-7-11-22(33-4)12-8-19/h5-14H,15H2,1-4H3,(H,27,30,32)/b23-14+. The number of carbonyl (C=O) groups excluding carboxylic acids is 3. The first-order valence-electron chi connectivity index (χ1n) is 10.6. The second-order valence-corrected chi connectivity index (χ2v) is 8.05. The van der Waals surface area contributed by atoms with Crippen LogP contribution in [0.2, 0.25) is 0 Å². The molecule has 7 heteroatoms. The minimum atomic E-state index is -0.733. The van der Waals surface area contributed by atoms with Crippen LogP contribution in [0.5, 0.6) is 5.75 Å². The maximum atomic E-state index is 13.1. The van der Waals surface area contributed by atoms with E-state index < -0.39 is 17.8 Å². The molecule has 1 aliphatic heterocycles. The maximum Gasteiger partial charge on any atom is 0.331 e. The molecule has 168 valence electrons. The number of carbonyl (C=O) groups is 3. The number of urea groups is 1. The Morgan fingerprint density at radius 2 is 1.61 bits per heavy atom. The lowest BCUT2D eigenvalue weighted by atomic mass is 10.1. The van der Waals surface area contributed by atoms with Gasteiger partial charge in [0, 0.05) is 17.1 Å². The zero-order valence-electron chi connectivity index (χ0n) is 19.0. The first-order chi connectivity index (χ1) is 15.8. The first kappa shape index (κ1) is 22.1. The van der Waals surface area contributed by atoms with E-state index in [1.807, 2.05) is 51.1 Å². The first-order valence-corrected chi connectivity index (χ1v) is 10.6. The summed E-state index contributed by atoms with van der Waals surface area (Å²) in [7, 11) is 1.56. The molecule has 4 rings (SSSR count). The summed E-state index contributed by atoms with van der Waals surface area (Å²) in [6.45, 7) is 5.98. The Morgan fingerprint density at radius 1 is 0.939 bits per heavy atom. The van der Waals surface area contributed by atoms with Gasteiger partial charge in [0.05, 0.1) is 13.7 Å². The van der Waals surface area contributed by atoms with Crippen molar-refractivity contribution in [1.29, 1.82) is 0 Å². The fourth-order valence-corrected chi connectivity index (χ4v) is 3.93. The number of ether oxygens (including phenoxy) is 1. The van der Waals surface area contributed by atoms with Gasteiger partial charge in [-0.05, 0) is 68.3 Å². The second-order valence-electron chi connectivity index (χ2n) is 8.05. The molecule has 7 nitrogen and oxygen atoms in total. The van der Waals surface area contributed by atoms with E-state index in [0.29, 0.717) is 5.75 Å². The zero-order chi connectivity index (χ0) is 23.7. The van der Waals surface area contributed by atoms with Gasteiger partial charge < -0.3 is 9.30 Å². The number of rotatable bonds is 5. The molecule has 0 spiro atoms. The number of benzene rings is 2. The smallest absolute Gasteiger partial charge is 0.331 e. The van der Waals surface area contributed by atoms with E-state index in [1.54, 1.807) is 37.5 Å². The van der Waals surface area contributed by atoms with Gasteiger partial charge in [0.1, 0.15) is 11.3 Å². The van der Waals surface area contributed by atoms with E-state index in [4.69, 9.17) is 4.74 Å². The Hall–Kier alpha value is -4.13. The Morgan fingerprint density at radius 3 is 2.24 bits per heavy atom. The fourth-order valence-electron chi connectivity index (χ4n) is 3.93. The van der Waals surface area contributed by atoms with Crippen LogP contribution < -0.4 is 10.1 Å². The Labute approximate surface area is 192 Å². The van der Waals surface area contributed by atoms with Crippen molar-refractivity contribution in [3.05, 3.63) is 88.2 Å². The van der Waals surface area contributed by atoms with Crippen molar-refractivity contribution in [3.8, 4) is 11.4 Å². The van der Waals surface area contributed by atoms with Gasteiger partial charge in [-0.1, -0.05) is 29.8 Å². The van der Waals surface area contributed by atoms with Crippen LogP contribution in [0.3, 0.4) is 0 Å². The quantitative estimate of drug-likeness (QED) is 0.476. The lowest BCUT2D eigenvalue weighted by Crippen LogP contribution is -2.53. The van der Waals surface area contributed by atoms with Gasteiger partial charge in [0.2, 0.25) is 0 Å². The minimum absolute atomic E-state index is 0.0433. The minimum Gasteiger partial charge on any atom is -0.497 e. The highest BCUT2D eigenvalue weighted by Gasteiger charge is 2.36. The molecule has 1 saturated heterocycles. The van der Waals surface area contributed by atoms with Crippen LogP contribution in [0.1, 0.15) is 28.1 Å². The van der Waals surface area contributed by atoms with Crippen molar-refractivity contribution in [3.63, 3.8) is 0 Å². The molecule has 1 fully saturated rings. The van der Waals surface area contributed by atoms with Crippen LogP contribution in [0.15, 0.2) is 60.2 Å². The predicted molar refractivity (Wildman–Crippen MR) is 125 cm³/mol. The number of hydrogen-bond donors (Lipinski definition) is 1. The number of amides is 4. The highest BCUT2D eigenvalue weighted by atomic mass is 16.5. The third kappa shape index (κ3) is 4.30. The van der Waals surface area contributed by atoms with Crippen LogP contribution in [0.25, 0.3) is 11.8 Å². The average molecular weight is 444 g/mol. The Kier molecular flexibility index (Phi) is 5.87. The van der Waals surface area contributed by atoms with Crippen LogP contribution >= 0.6 is 0 Å². The summed E-state index contributed by atoms with van der Waals surface area (Å²) in [6.07, 6.45) is 1.55. The number of imide groups is 2. The third-order valence-electron chi connectivity index (χ3n) is 5.75. The largest absolute Gasteiger partial charge is 0.497 e. The molecular formula is C26H25N3O4. The van der Waals surface area contributed by atoms with Gasteiger partial charge in [-0.15, -0.1) is 0 Å². The molecule has 0 aliphatic carbocycles.